The van der Waals surface area contributed by atoms with Crippen LogP contribution in [0.5, 0.6) is 0 Å². The molecule has 1 saturated carbocycles. The molecule has 2 nitrogen and oxygen atoms in total. The number of hydrogen-bond acceptors (Lipinski definition) is 2. The summed E-state index contributed by atoms with van der Waals surface area (Å²) in [6.45, 7) is 6.97. The van der Waals surface area contributed by atoms with Crippen LogP contribution in [0.4, 0.5) is 0 Å². The van der Waals surface area contributed by atoms with E-state index in [0.29, 0.717) is 18.1 Å². The number of nitrogens with zero attached hydrogens (tertiary/aromatic N) is 1. The normalized spacial score (nSPS) is 29.1. The van der Waals surface area contributed by atoms with E-state index in [4.69, 9.17) is 5.73 Å². The first-order valence-electron chi connectivity index (χ1n) is 7.50. The zero-order valence-electron chi connectivity index (χ0n) is 12.3. The van der Waals surface area contributed by atoms with Gasteiger partial charge >= 0.3 is 0 Å². The molecule has 1 rings (SSSR count). The van der Waals surface area contributed by atoms with Gasteiger partial charge in [0.15, 0.2) is 0 Å². The van der Waals surface area contributed by atoms with Crippen LogP contribution in [0.3, 0.4) is 0 Å². The minimum atomic E-state index is 0.384. The monoisotopic (exact) mass is 240 g/mol. The van der Waals surface area contributed by atoms with Gasteiger partial charge in [-0.15, -0.1) is 0 Å². The van der Waals surface area contributed by atoms with Crippen LogP contribution < -0.4 is 5.73 Å². The van der Waals surface area contributed by atoms with Crippen molar-refractivity contribution in [1.29, 1.82) is 0 Å². The van der Waals surface area contributed by atoms with Crippen LogP contribution in [0.2, 0.25) is 0 Å². The molecular formula is C15H32N2. The third kappa shape index (κ3) is 4.97. The molecule has 2 N–H and O–H groups in total. The second-order valence-electron chi connectivity index (χ2n) is 6.37. The van der Waals surface area contributed by atoms with Gasteiger partial charge < -0.3 is 5.73 Å². The highest BCUT2D eigenvalue weighted by atomic mass is 15.2. The Labute approximate surface area is 108 Å². The van der Waals surface area contributed by atoms with Crippen molar-refractivity contribution in [3.8, 4) is 0 Å². The Bertz CT molecular complexity index is 203. The van der Waals surface area contributed by atoms with Crippen molar-refractivity contribution in [2.75, 3.05) is 7.05 Å². The molecule has 1 aliphatic carbocycles. The van der Waals surface area contributed by atoms with Crippen molar-refractivity contribution >= 4 is 0 Å². The first kappa shape index (κ1) is 15.0. The Hall–Kier alpha value is -0.0800. The van der Waals surface area contributed by atoms with E-state index in [-0.39, 0.29) is 0 Å². The fourth-order valence-electron chi connectivity index (χ4n) is 3.17. The van der Waals surface area contributed by atoms with Crippen molar-refractivity contribution < 1.29 is 0 Å². The summed E-state index contributed by atoms with van der Waals surface area (Å²) in [5.74, 6) is 0.775. The second kappa shape index (κ2) is 7.38. The summed E-state index contributed by atoms with van der Waals surface area (Å²) in [5, 5.41) is 0. The smallest absolute Gasteiger partial charge is 0.0246 e. The van der Waals surface area contributed by atoms with Gasteiger partial charge in [-0.2, -0.15) is 0 Å². The van der Waals surface area contributed by atoms with Crippen LogP contribution in [0.1, 0.15) is 65.7 Å². The van der Waals surface area contributed by atoms with Gasteiger partial charge in [-0.3, -0.25) is 4.90 Å². The van der Waals surface area contributed by atoms with Gasteiger partial charge in [0.1, 0.15) is 0 Å². The van der Waals surface area contributed by atoms with Crippen LogP contribution in [-0.4, -0.2) is 30.1 Å². The number of nitrogens with two attached hydrogens (primary N) is 1. The van der Waals surface area contributed by atoms with Crippen LogP contribution in [0, 0.1) is 5.92 Å². The molecule has 1 aliphatic rings. The largest absolute Gasteiger partial charge is 0.326 e. The summed E-state index contributed by atoms with van der Waals surface area (Å²) in [6.07, 6.45) is 9.24. The standard InChI is InChI=1S/C15H32N2/c1-12(2)11-13(3)17(4)15-10-8-6-5-7-9-14(15)16/h12-15H,5-11,16H2,1-4H3. The summed E-state index contributed by atoms with van der Waals surface area (Å²) >= 11 is 0. The van der Waals surface area contributed by atoms with Gasteiger partial charge in [-0.25, -0.2) is 0 Å². The Morgan fingerprint density at radius 3 is 2.24 bits per heavy atom. The van der Waals surface area contributed by atoms with E-state index in [1.807, 2.05) is 0 Å². The van der Waals surface area contributed by atoms with Crippen LogP contribution in [0.15, 0.2) is 0 Å². The van der Waals surface area contributed by atoms with Crippen LogP contribution >= 0.6 is 0 Å². The molecule has 17 heavy (non-hydrogen) atoms. The average Bonchev–Trinajstić information content (AvgIpc) is 2.22. The van der Waals surface area contributed by atoms with Gasteiger partial charge in [-0.05, 0) is 39.2 Å². The minimum absolute atomic E-state index is 0.384. The average molecular weight is 240 g/mol. The SMILES string of the molecule is CC(C)CC(C)N(C)C1CCCCCCC1N. The molecule has 0 aromatic rings. The van der Waals surface area contributed by atoms with Gasteiger partial charge in [0, 0.05) is 18.1 Å². The molecule has 3 atom stereocenters. The minimum Gasteiger partial charge on any atom is -0.326 e. The lowest BCUT2D eigenvalue weighted by Crippen LogP contribution is -2.50. The third-order valence-corrected chi connectivity index (χ3v) is 4.31. The Morgan fingerprint density at radius 2 is 1.65 bits per heavy atom. The van der Waals surface area contributed by atoms with Crippen molar-refractivity contribution in [3.63, 3.8) is 0 Å². The molecule has 2 heteroatoms. The van der Waals surface area contributed by atoms with Gasteiger partial charge in [0.25, 0.3) is 0 Å². The molecule has 0 heterocycles. The summed E-state index contributed by atoms with van der Waals surface area (Å²) < 4.78 is 0. The first-order valence-corrected chi connectivity index (χ1v) is 7.50. The maximum absolute atomic E-state index is 6.38. The predicted octanol–water partition coefficient (Wildman–Crippen LogP) is 3.40. The van der Waals surface area contributed by atoms with Crippen molar-refractivity contribution in [2.45, 2.75) is 83.8 Å². The van der Waals surface area contributed by atoms with Crippen LogP contribution in [0.25, 0.3) is 0 Å². The van der Waals surface area contributed by atoms with E-state index in [1.165, 1.54) is 44.9 Å². The first-order chi connectivity index (χ1) is 8.02. The number of hydrogen-bond donors (Lipinski definition) is 1. The molecule has 0 aromatic carbocycles. The molecule has 0 saturated heterocycles. The van der Waals surface area contributed by atoms with Gasteiger partial charge in [-0.1, -0.05) is 39.5 Å². The lowest BCUT2D eigenvalue weighted by molar-refractivity contribution is 0.125. The summed E-state index contributed by atoms with van der Waals surface area (Å²) in [7, 11) is 2.28. The molecule has 102 valence electrons. The fourth-order valence-corrected chi connectivity index (χ4v) is 3.17. The van der Waals surface area contributed by atoms with E-state index >= 15 is 0 Å². The van der Waals surface area contributed by atoms with E-state index in [0.717, 1.165) is 5.92 Å². The molecule has 3 unspecified atom stereocenters. The summed E-state index contributed by atoms with van der Waals surface area (Å²) in [5.41, 5.74) is 6.38. The second-order valence-corrected chi connectivity index (χ2v) is 6.37. The highest BCUT2D eigenvalue weighted by Gasteiger charge is 2.26. The zero-order valence-corrected chi connectivity index (χ0v) is 12.3. The van der Waals surface area contributed by atoms with E-state index in [2.05, 4.69) is 32.7 Å². The van der Waals surface area contributed by atoms with E-state index < -0.39 is 0 Å². The van der Waals surface area contributed by atoms with Gasteiger partial charge in [0.2, 0.25) is 0 Å². The molecule has 0 aliphatic heterocycles. The maximum Gasteiger partial charge on any atom is 0.0246 e. The van der Waals surface area contributed by atoms with E-state index in [9.17, 15) is 0 Å². The zero-order chi connectivity index (χ0) is 12.8. The molecular weight excluding hydrogens is 208 g/mol. The van der Waals surface area contributed by atoms with Crippen molar-refractivity contribution in [1.82, 2.24) is 4.90 Å². The lowest BCUT2D eigenvalue weighted by Gasteiger charge is -2.38. The summed E-state index contributed by atoms with van der Waals surface area (Å²) in [4.78, 5) is 2.55. The summed E-state index contributed by atoms with van der Waals surface area (Å²) in [6, 6.07) is 1.64. The molecule has 0 aromatic heterocycles. The molecule has 0 spiro atoms. The molecule has 0 bridgehead atoms. The van der Waals surface area contributed by atoms with Crippen molar-refractivity contribution in [3.05, 3.63) is 0 Å². The number of likely N-dealkylation sites (N-methyl/N-ethyl adjacent to an activating group) is 1. The van der Waals surface area contributed by atoms with E-state index in [1.54, 1.807) is 0 Å². The molecule has 0 amide bonds. The Morgan fingerprint density at radius 1 is 1.06 bits per heavy atom. The highest BCUT2D eigenvalue weighted by molar-refractivity contribution is 4.84. The third-order valence-electron chi connectivity index (χ3n) is 4.31. The fraction of sp³-hybridized carbons (Fsp3) is 1.00. The maximum atomic E-state index is 6.38. The number of rotatable bonds is 4. The predicted molar refractivity (Wildman–Crippen MR) is 76.1 cm³/mol. The van der Waals surface area contributed by atoms with Gasteiger partial charge in [0.05, 0.1) is 0 Å². The molecule has 0 radical (unpaired) electrons. The Kier molecular flexibility index (Phi) is 6.50. The topological polar surface area (TPSA) is 29.3 Å². The lowest BCUT2D eigenvalue weighted by atomic mass is 9.90. The highest BCUT2D eigenvalue weighted by Crippen LogP contribution is 2.23. The molecule has 1 fully saturated rings. The Balaban J connectivity index is 2.53. The van der Waals surface area contributed by atoms with Crippen LogP contribution in [-0.2, 0) is 0 Å². The van der Waals surface area contributed by atoms with Crippen molar-refractivity contribution in [2.24, 2.45) is 11.7 Å². The quantitative estimate of drug-likeness (QED) is 0.816.